The molecule has 0 saturated heterocycles. The lowest BCUT2D eigenvalue weighted by atomic mass is 9.95. The summed E-state index contributed by atoms with van der Waals surface area (Å²) >= 11 is 0. The Morgan fingerprint density at radius 3 is 2.24 bits per heavy atom. The first kappa shape index (κ1) is 19.9. The van der Waals surface area contributed by atoms with E-state index in [1.54, 1.807) is 13.8 Å². The Labute approximate surface area is 128 Å². The number of allylic oxidation sites excluding steroid dienone is 3. The van der Waals surface area contributed by atoms with Crippen LogP contribution in [-0.2, 0) is 9.53 Å². The number of carbonyl (C=O) groups is 1. The molecule has 0 heterocycles. The summed E-state index contributed by atoms with van der Waals surface area (Å²) in [7, 11) is 0. The average molecular weight is 298 g/mol. The van der Waals surface area contributed by atoms with Gasteiger partial charge < -0.3 is 14.9 Å². The van der Waals surface area contributed by atoms with Gasteiger partial charge in [0.2, 0.25) is 0 Å². The lowest BCUT2D eigenvalue weighted by Crippen LogP contribution is -2.35. The molecule has 0 spiro atoms. The highest BCUT2D eigenvalue weighted by Gasteiger charge is 2.23. The van der Waals surface area contributed by atoms with Crippen LogP contribution in [0.5, 0.6) is 0 Å². The van der Waals surface area contributed by atoms with Crippen LogP contribution in [0, 0.1) is 0 Å². The highest BCUT2D eigenvalue weighted by molar-refractivity contribution is 5.66. The molecule has 2 N–H and O–H groups in total. The minimum atomic E-state index is -1.05. The van der Waals surface area contributed by atoms with Gasteiger partial charge in [-0.1, -0.05) is 17.2 Å². The van der Waals surface area contributed by atoms with E-state index in [0.717, 1.165) is 19.3 Å². The minimum absolute atomic E-state index is 0.264. The zero-order chi connectivity index (χ0) is 16.5. The lowest BCUT2D eigenvalue weighted by molar-refractivity contribution is -0.139. The van der Waals surface area contributed by atoms with E-state index in [4.69, 9.17) is 4.74 Å². The second kappa shape index (κ2) is 9.74. The molecule has 0 rings (SSSR count). The highest BCUT2D eigenvalue weighted by Crippen LogP contribution is 2.17. The molecule has 0 amide bonds. The van der Waals surface area contributed by atoms with Crippen LogP contribution in [0.15, 0.2) is 23.3 Å². The zero-order valence-electron chi connectivity index (χ0n) is 14.0. The number of rotatable bonds is 9. The third kappa shape index (κ3) is 11.2. The standard InChI is InChI=1S/C17H30O4/c1-13(9-10-16(19)17(4,5)20)7-6-8-14(2)11-12-21-15(3)18/h7,11,16,19-20H,6,8-10,12H2,1-5H3/b13-7+,14-11+. The third-order valence-corrected chi connectivity index (χ3v) is 3.38. The van der Waals surface area contributed by atoms with E-state index in [0.29, 0.717) is 13.0 Å². The number of aliphatic hydroxyl groups excluding tert-OH is 1. The Kier molecular flexibility index (Phi) is 9.22. The number of aliphatic hydroxyl groups is 2. The fourth-order valence-corrected chi connectivity index (χ4v) is 1.77. The Morgan fingerprint density at radius 1 is 1.14 bits per heavy atom. The predicted molar refractivity (Wildman–Crippen MR) is 84.9 cm³/mol. The monoisotopic (exact) mass is 298 g/mol. The predicted octanol–water partition coefficient (Wildman–Crippen LogP) is 3.13. The molecule has 4 heteroatoms. The van der Waals surface area contributed by atoms with Crippen molar-refractivity contribution in [3.63, 3.8) is 0 Å². The molecule has 1 unspecified atom stereocenters. The Balaban J connectivity index is 3.99. The summed E-state index contributed by atoms with van der Waals surface area (Å²) in [6, 6.07) is 0. The number of esters is 1. The number of carbonyl (C=O) groups excluding carboxylic acids is 1. The molecular formula is C17H30O4. The number of hydrogen-bond donors (Lipinski definition) is 2. The first-order chi connectivity index (χ1) is 9.62. The number of hydrogen-bond acceptors (Lipinski definition) is 4. The second-order valence-electron chi connectivity index (χ2n) is 6.15. The van der Waals surface area contributed by atoms with Crippen LogP contribution >= 0.6 is 0 Å². The van der Waals surface area contributed by atoms with E-state index >= 15 is 0 Å². The van der Waals surface area contributed by atoms with E-state index in [1.807, 2.05) is 19.9 Å². The molecule has 0 fully saturated rings. The van der Waals surface area contributed by atoms with Crippen molar-refractivity contribution < 1.29 is 19.7 Å². The zero-order valence-corrected chi connectivity index (χ0v) is 14.0. The van der Waals surface area contributed by atoms with Gasteiger partial charge in [0.1, 0.15) is 6.61 Å². The van der Waals surface area contributed by atoms with E-state index in [1.165, 1.54) is 18.1 Å². The van der Waals surface area contributed by atoms with Crippen LogP contribution in [-0.4, -0.2) is 34.5 Å². The van der Waals surface area contributed by atoms with Crippen molar-refractivity contribution in [1.29, 1.82) is 0 Å². The van der Waals surface area contributed by atoms with Crippen molar-refractivity contribution in [2.75, 3.05) is 6.61 Å². The molecule has 4 nitrogen and oxygen atoms in total. The van der Waals surface area contributed by atoms with Crippen LogP contribution < -0.4 is 0 Å². The van der Waals surface area contributed by atoms with Crippen LogP contribution in [0.2, 0.25) is 0 Å². The molecule has 0 aliphatic carbocycles. The molecule has 122 valence electrons. The Morgan fingerprint density at radius 2 is 1.71 bits per heavy atom. The first-order valence-electron chi connectivity index (χ1n) is 7.48. The Hall–Kier alpha value is -1.13. The topological polar surface area (TPSA) is 66.8 Å². The van der Waals surface area contributed by atoms with Gasteiger partial charge in [0.15, 0.2) is 0 Å². The van der Waals surface area contributed by atoms with Crippen LogP contribution in [0.3, 0.4) is 0 Å². The van der Waals surface area contributed by atoms with Gasteiger partial charge in [0.05, 0.1) is 11.7 Å². The van der Waals surface area contributed by atoms with E-state index in [9.17, 15) is 15.0 Å². The highest BCUT2D eigenvalue weighted by atomic mass is 16.5. The smallest absolute Gasteiger partial charge is 0.302 e. The molecule has 0 aromatic rings. The SMILES string of the molecule is CC(=O)OC/C=C(\C)CC/C=C(\C)CCC(O)C(C)(C)O. The molecule has 0 radical (unpaired) electrons. The maximum Gasteiger partial charge on any atom is 0.302 e. The summed E-state index contributed by atoms with van der Waals surface area (Å²) in [5.74, 6) is -0.264. The van der Waals surface area contributed by atoms with Gasteiger partial charge >= 0.3 is 5.97 Å². The molecule has 1 atom stereocenters. The largest absolute Gasteiger partial charge is 0.462 e. The van der Waals surface area contributed by atoms with Crippen molar-refractivity contribution in [2.24, 2.45) is 0 Å². The van der Waals surface area contributed by atoms with Crippen molar-refractivity contribution in [3.05, 3.63) is 23.3 Å². The average Bonchev–Trinajstić information content (AvgIpc) is 2.34. The number of ether oxygens (including phenoxy) is 1. The fourth-order valence-electron chi connectivity index (χ4n) is 1.77. The van der Waals surface area contributed by atoms with E-state index in [-0.39, 0.29) is 5.97 Å². The molecular weight excluding hydrogens is 268 g/mol. The van der Waals surface area contributed by atoms with Crippen molar-refractivity contribution in [1.82, 2.24) is 0 Å². The Bertz CT molecular complexity index is 375. The van der Waals surface area contributed by atoms with Crippen molar-refractivity contribution in [2.45, 2.75) is 72.0 Å². The first-order valence-corrected chi connectivity index (χ1v) is 7.48. The molecule has 0 saturated carbocycles. The van der Waals surface area contributed by atoms with Gasteiger partial charge in [-0.05, 0) is 59.5 Å². The lowest BCUT2D eigenvalue weighted by Gasteiger charge is -2.24. The molecule has 0 aliphatic rings. The summed E-state index contributed by atoms with van der Waals surface area (Å²) in [6.07, 6.45) is 6.56. The van der Waals surface area contributed by atoms with E-state index in [2.05, 4.69) is 6.08 Å². The van der Waals surface area contributed by atoms with Crippen molar-refractivity contribution in [3.8, 4) is 0 Å². The fraction of sp³-hybridized carbons (Fsp3) is 0.706. The van der Waals surface area contributed by atoms with Crippen LogP contribution in [0.25, 0.3) is 0 Å². The van der Waals surface area contributed by atoms with Gasteiger partial charge in [0, 0.05) is 6.92 Å². The van der Waals surface area contributed by atoms with Crippen LogP contribution in [0.4, 0.5) is 0 Å². The van der Waals surface area contributed by atoms with Crippen molar-refractivity contribution >= 4 is 5.97 Å². The van der Waals surface area contributed by atoms with Crippen LogP contribution in [0.1, 0.15) is 60.3 Å². The maximum atomic E-state index is 10.6. The third-order valence-electron chi connectivity index (χ3n) is 3.38. The molecule has 0 bridgehead atoms. The van der Waals surface area contributed by atoms with Gasteiger partial charge in [-0.15, -0.1) is 0 Å². The second-order valence-corrected chi connectivity index (χ2v) is 6.15. The van der Waals surface area contributed by atoms with Gasteiger partial charge in [-0.25, -0.2) is 0 Å². The van der Waals surface area contributed by atoms with Gasteiger partial charge in [-0.2, -0.15) is 0 Å². The molecule has 0 aromatic carbocycles. The van der Waals surface area contributed by atoms with Gasteiger partial charge in [-0.3, -0.25) is 4.79 Å². The normalized spacial score (nSPS) is 15.0. The molecule has 0 aromatic heterocycles. The summed E-state index contributed by atoms with van der Waals surface area (Å²) in [5, 5.41) is 19.4. The summed E-state index contributed by atoms with van der Waals surface area (Å²) in [6.45, 7) is 9.03. The van der Waals surface area contributed by atoms with E-state index < -0.39 is 11.7 Å². The van der Waals surface area contributed by atoms with Gasteiger partial charge in [0.25, 0.3) is 0 Å². The summed E-state index contributed by atoms with van der Waals surface area (Å²) in [5.41, 5.74) is 1.36. The quantitative estimate of drug-likeness (QED) is 0.507. The summed E-state index contributed by atoms with van der Waals surface area (Å²) in [4.78, 5) is 10.6. The molecule has 21 heavy (non-hydrogen) atoms. The minimum Gasteiger partial charge on any atom is -0.462 e. The molecule has 0 aliphatic heterocycles. The maximum absolute atomic E-state index is 10.6. The summed E-state index contributed by atoms with van der Waals surface area (Å²) < 4.78 is 4.85.